The summed E-state index contributed by atoms with van der Waals surface area (Å²) < 4.78 is 19.0. The molecule has 30 heavy (non-hydrogen) atoms. The van der Waals surface area contributed by atoms with E-state index in [4.69, 9.17) is 27.9 Å². The molecule has 0 saturated carbocycles. The third-order valence-electron chi connectivity index (χ3n) is 4.40. The maximum atomic E-state index is 13.1. The van der Waals surface area contributed by atoms with Crippen LogP contribution in [0.1, 0.15) is 17.0 Å². The van der Waals surface area contributed by atoms with Gasteiger partial charge in [-0.2, -0.15) is 5.26 Å². The van der Waals surface area contributed by atoms with E-state index in [0.717, 1.165) is 16.6 Å². The molecule has 0 amide bonds. The van der Waals surface area contributed by atoms with Crippen LogP contribution in [0.3, 0.4) is 0 Å². The minimum atomic E-state index is -0.323. The van der Waals surface area contributed by atoms with Crippen molar-refractivity contribution in [2.75, 3.05) is 0 Å². The average molecular weight is 438 g/mol. The molecule has 0 unspecified atom stereocenters. The first-order chi connectivity index (χ1) is 14.5. The van der Waals surface area contributed by atoms with Crippen LogP contribution in [-0.4, -0.2) is 9.97 Å². The standard InChI is InChI=1S/C23H14Cl2FN3O/c24-17-10-15(9-16(12-27)23-28-20-3-1-2-4-21(20)29-23)22(19(25)11-17)30-13-14-5-7-18(26)8-6-14/h1-11H,13H2,(H,28,29)/b16-9+. The molecule has 0 spiro atoms. The van der Waals surface area contributed by atoms with Gasteiger partial charge in [0.15, 0.2) is 0 Å². The minimum Gasteiger partial charge on any atom is -0.487 e. The van der Waals surface area contributed by atoms with Crippen LogP contribution in [0.5, 0.6) is 5.75 Å². The molecule has 0 saturated heterocycles. The Morgan fingerprint density at radius 2 is 1.90 bits per heavy atom. The fraction of sp³-hybridized carbons (Fsp3) is 0.0435. The van der Waals surface area contributed by atoms with E-state index in [0.29, 0.717) is 32.8 Å². The van der Waals surface area contributed by atoms with Gasteiger partial charge in [0.1, 0.15) is 30.1 Å². The number of allylic oxidation sites excluding steroid dienone is 1. The molecule has 0 fully saturated rings. The predicted octanol–water partition coefficient (Wildman–Crippen LogP) is 6.65. The number of para-hydroxylation sites is 2. The number of fused-ring (bicyclic) bond motifs is 1. The van der Waals surface area contributed by atoms with E-state index in [-0.39, 0.29) is 12.4 Å². The van der Waals surface area contributed by atoms with Crippen molar-refractivity contribution in [2.24, 2.45) is 0 Å². The lowest BCUT2D eigenvalue weighted by Gasteiger charge is -2.12. The molecule has 3 aromatic carbocycles. The molecule has 0 aliphatic rings. The first-order valence-electron chi connectivity index (χ1n) is 8.96. The van der Waals surface area contributed by atoms with Gasteiger partial charge in [-0.15, -0.1) is 0 Å². The van der Waals surface area contributed by atoms with Crippen molar-refractivity contribution in [3.8, 4) is 11.8 Å². The average Bonchev–Trinajstić information content (AvgIpc) is 3.16. The van der Waals surface area contributed by atoms with Gasteiger partial charge in [-0.05, 0) is 48.0 Å². The predicted molar refractivity (Wildman–Crippen MR) is 117 cm³/mol. The van der Waals surface area contributed by atoms with Crippen LogP contribution in [0.2, 0.25) is 10.0 Å². The van der Waals surface area contributed by atoms with Crippen molar-refractivity contribution < 1.29 is 9.13 Å². The quantitative estimate of drug-likeness (QED) is 0.355. The number of nitrogens with zero attached hydrogens (tertiary/aromatic N) is 2. The van der Waals surface area contributed by atoms with Crippen molar-refractivity contribution in [1.82, 2.24) is 9.97 Å². The molecule has 0 radical (unpaired) electrons. The Kier molecular flexibility index (Phi) is 5.71. The van der Waals surface area contributed by atoms with Gasteiger partial charge in [0.25, 0.3) is 0 Å². The van der Waals surface area contributed by atoms with E-state index in [1.54, 1.807) is 30.3 Å². The third-order valence-corrected chi connectivity index (χ3v) is 4.90. The highest BCUT2D eigenvalue weighted by molar-refractivity contribution is 6.36. The molecule has 148 valence electrons. The van der Waals surface area contributed by atoms with Gasteiger partial charge in [0, 0.05) is 10.6 Å². The molecule has 4 aromatic rings. The van der Waals surface area contributed by atoms with E-state index in [2.05, 4.69) is 16.0 Å². The number of H-pyrrole nitrogens is 1. The lowest BCUT2D eigenvalue weighted by atomic mass is 10.1. The van der Waals surface area contributed by atoms with E-state index in [1.807, 2.05) is 24.3 Å². The smallest absolute Gasteiger partial charge is 0.149 e. The number of nitrogens with one attached hydrogen (secondary N) is 1. The fourth-order valence-electron chi connectivity index (χ4n) is 2.97. The summed E-state index contributed by atoms with van der Waals surface area (Å²) in [6, 6.07) is 18.9. The number of benzene rings is 3. The van der Waals surface area contributed by atoms with Crippen molar-refractivity contribution >= 4 is 45.9 Å². The van der Waals surface area contributed by atoms with Gasteiger partial charge in [-0.3, -0.25) is 0 Å². The molecule has 1 N–H and O–H groups in total. The van der Waals surface area contributed by atoms with Crippen LogP contribution in [-0.2, 0) is 6.61 Å². The minimum absolute atomic E-state index is 0.176. The van der Waals surface area contributed by atoms with Crippen molar-refractivity contribution in [3.05, 3.63) is 93.5 Å². The van der Waals surface area contributed by atoms with Gasteiger partial charge in [-0.1, -0.05) is 47.5 Å². The Morgan fingerprint density at radius 1 is 1.13 bits per heavy atom. The Hall–Kier alpha value is -3.33. The number of rotatable bonds is 5. The molecular formula is C23H14Cl2FN3O. The SMILES string of the molecule is N#C/C(=C\c1cc(Cl)cc(Cl)c1OCc1ccc(F)cc1)c1nc2ccccc2[nH]1. The molecule has 7 heteroatoms. The maximum absolute atomic E-state index is 13.1. The first-order valence-corrected chi connectivity index (χ1v) is 9.72. The van der Waals surface area contributed by atoms with Gasteiger partial charge >= 0.3 is 0 Å². The van der Waals surface area contributed by atoms with E-state index >= 15 is 0 Å². The normalized spacial score (nSPS) is 11.5. The topological polar surface area (TPSA) is 61.7 Å². The lowest BCUT2D eigenvalue weighted by molar-refractivity contribution is 0.305. The van der Waals surface area contributed by atoms with Crippen LogP contribution in [0.25, 0.3) is 22.7 Å². The van der Waals surface area contributed by atoms with Crippen LogP contribution in [0.4, 0.5) is 4.39 Å². The fourth-order valence-corrected chi connectivity index (χ4v) is 3.53. The van der Waals surface area contributed by atoms with Gasteiger partial charge in [0.05, 0.1) is 21.6 Å². The van der Waals surface area contributed by atoms with Gasteiger partial charge in [-0.25, -0.2) is 9.37 Å². The van der Waals surface area contributed by atoms with Crippen LogP contribution in [0.15, 0.2) is 60.7 Å². The largest absolute Gasteiger partial charge is 0.487 e. The number of halogens is 3. The number of nitriles is 1. The Balaban J connectivity index is 1.71. The van der Waals surface area contributed by atoms with Crippen molar-refractivity contribution in [3.63, 3.8) is 0 Å². The van der Waals surface area contributed by atoms with Crippen LogP contribution < -0.4 is 4.74 Å². The highest BCUT2D eigenvalue weighted by atomic mass is 35.5. The molecule has 4 nitrogen and oxygen atoms in total. The zero-order chi connectivity index (χ0) is 21.1. The first kappa shape index (κ1) is 20.0. The second-order valence-corrected chi connectivity index (χ2v) is 7.34. The Labute approximate surface area is 182 Å². The molecule has 0 aliphatic carbocycles. The van der Waals surface area contributed by atoms with Crippen LogP contribution in [0, 0.1) is 17.1 Å². The van der Waals surface area contributed by atoms with Crippen molar-refractivity contribution in [1.29, 1.82) is 5.26 Å². The van der Waals surface area contributed by atoms with Gasteiger partial charge < -0.3 is 9.72 Å². The molecule has 4 rings (SSSR count). The van der Waals surface area contributed by atoms with Gasteiger partial charge in [0.2, 0.25) is 0 Å². The Bertz CT molecular complexity index is 1260. The maximum Gasteiger partial charge on any atom is 0.149 e. The summed E-state index contributed by atoms with van der Waals surface area (Å²) in [5.41, 5.74) is 3.19. The number of hydrogen-bond donors (Lipinski definition) is 1. The lowest BCUT2D eigenvalue weighted by Crippen LogP contribution is -1.98. The summed E-state index contributed by atoms with van der Waals surface area (Å²) in [5, 5.41) is 10.4. The number of ether oxygens (including phenoxy) is 1. The van der Waals surface area contributed by atoms with E-state index < -0.39 is 0 Å². The summed E-state index contributed by atoms with van der Waals surface area (Å²) in [6.45, 7) is 0.176. The number of aromatic amines is 1. The van der Waals surface area contributed by atoms with Crippen molar-refractivity contribution in [2.45, 2.75) is 6.61 Å². The second-order valence-electron chi connectivity index (χ2n) is 6.49. The highest BCUT2D eigenvalue weighted by Crippen LogP contribution is 2.35. The molecule has 0 aliphatic heterocycles. The monoisotopic (exact) mass is 437 g/mol. The number of aromatic nitrogens is 2. The molecule has 1 aromatic heterocycles. The number of imidazole rings is 1. The molecular weight excluding hydrogens is 424 g/mol. The van der Waals surface area contributed by atoms with Crippen LogP contribution >= 0.6 is 23.2 Å². The summed E-state index contributed by atoms with van der Waals surface area (Å²) in [6.07, 6.45) is 1.62. The summed E-state index contributed by atoms with van der Waals surface area (Å²) in [5.74, 6) is 0.477. The zero-order valence-electron chi connectivity index (χ0n) is 15.5. The molecule has 0 bridgehead atoms. The second kappa shape index (κ2) is 8.58. The third kappa shape index (κ3) is 4.30. The molecule has 1 heterocycles. The zero-order valence-corrected chi connectivity index (χ0v) is 17.0. The highest BCUT2D eigenvalue weighted by Gasteiger charge is 2.14. The molecule has 0 atom stereocenters. The summed E-state index contributed by atoms with van der Waals surface area (Å²) in [7, 11) is 0. The van der Waals surface area contributed by atoms with E-state index in [9.17, 15) is 9.65 Å². The summed E-state index contributed by atoms with van der Waals surface area (Å²) in [4.78, 5) is 7.60. The van der Waals surface area contributed by atoms with E-state index in [1.165, 1.54) is 12.1 Å². The number of hydrogen-bond acceptors (Lipinski definition) is 3. The Morgan fingerprint density at radius 3 is 2.63 bits per heavy atom. The summed E-state index contributed by atoms with van der Waals surface area (Å²) >= 11 is 12.5.